The molecule has 0 spiro atoms. The Hall–Kier alpha value is -0.783. The zero-order valence-corrected chi connectivity index (χ0v) is 14.0. The van der Waals surface area contributed by atoms with Crippen LogP contribution in [-0.4, -0.2) is 26.0 Å². The van der Waals surface area contributed by atoms with Gasteiger partial charge in [-0.05, 0) is 36.2 Å². The zero-order valence-electron chi connectivity index (χ0n) is 13.0. The molecule has 1 fully saturated rings. The van der Waals surface area contributed by atoms with Gasteiger partial charge in [-0.3, -0.25) is 4.98 Å². The molecule has 20 heavy (non-hydrogen) atoms. The fourth-order valence-corrected chi connectivity index (χ4v) is 3.63. The molecule has 2 atom stereocenters. The van der Waals surface area contributed by atoms with Crippen LogP contribution in [0.4, 0.5) is 4.39 Å². The number of hydrogen-bond donors (Lipinski definition) is 1. The van der Waals surface area contributed by atoms with Crippen molar-refractivity contribution in [2.24, 2.45) is 0 Å². The average Bonchev–Trinajstić information content (AvgIpc) is 2.75. The van der Waals surface area contributed by atoms with Crippen molar-refractivity contribution >= 4 is 8.32 Å². The van der Waals surface area contributed by atoms with Gasteiger partial charge >= 0.3 is 0 Å². The highest BCUT2D eigenvalue weighted by Gasteiger charge is 2.40. The first-order chi connectivity index (χ1) is 9.19. The fourth-order valence-electron chi connectivity index (χ4n) is 2.26. The van der Waals surface area contributed by atoms with E-state index in [1.54, 1.807) is 12.3 Å². The molecule has 0 bridgehead atoms. The third-order valence-electron chi connectivity index (χ3n) is 4.49. The largest absolute Gasteiger partial charge is 0.413 e. The highest BCUT2D eigenvalue weighted by Crippen LogP contribution is 2.39. The van der Waals surface area contributed by atoms with Gasteiger partial charge in [-0.2, -0.15) is 0 Å². The van der Waals surface area contributed by atoms with Gasteiger partial charge in [0, 0.05) is 18.8 Å². The minimum absolute atomic E-state index is 0.146. The molecule has 1 aromatic rings. The molecule has 1 aliphatic rings. The van der Waals surface area contributed by atoms with Crippen molar-refractivity contribution in [3.8, 4) is 0 Å². The summed E-state index contributed by atoms with van der Waals surface area (Å²) in [5.74, 6) is -0.280. The third kappa shape index (κ3) is 3.45. The zero-order chi connectivity index (χ0) is 15.0. The molecule has 0 radical (unpaired) electrons. The van der Waals surface area contributed by atoms with Crippen LogP contribution in [-0.2, 0) is 4.43 Å². The van der Waals surface area contributed by atoms with Gasteiger partial charge in [0.25, 0.3) is 0 Å². The molecular weight excluding hydrogens is 271 g/mol. The van der Waals surface area contributed by atoms with E-state index < -0.39 is 8.32 Å². The number of hydrogen-bond acceptors (Lipinski definition) is 3. The number of nitrogens with one attached hydrogen (secondary N) is 1. The molecule has 1 aromatic heterocycles. The molecule has 112 valence electrons. The van der Waals surface area contributed by atoms with Gasteiger partial charge in [0.05, 0.1) is 12.3 Å². The van der Waals surface area contributed by atoms with Gasteiger partial charge in [-0.15, -0.1) is 0 Å². The maximum absolute atomic E-state index is 13.2. The molecule has 1 aliphatic heterocycles. The number of aromatic nitrogens is 1. The lowest BCUT2D eigenvalue weighted by Gasteiger charge is -2.38. The summed E-state index contributed by atoms with van der Waals surface area (Å²) in [7, 11) is -1.74. The Balaban J connectivity index is 2.00. The van der Waals surface area contributed by atoms with E-state index in [0.717, 1.165) is 18.5 Å². The van der Waals surface area contributed by atoms with Crippen molar-refractivity contribution in [1.82, 2.24) is 10.3 Å². The van der Waals surface area contributed by atoms with Gasteiger partial charge in [-0.1, -0.05) is 20.8 Å². The van der Waals surface area contributed by atoms with Gasteiger partial charge in [0.1, 0.15) is 5.82 Å². The highest BCUT2D eigenvalue weighted by atomic mass is 28.4. The molecule has 2 rings (SSSR count). The molecule has 0 aromatic carbocycles. The molecule has 1 N–H and O–H groups in total. The fraction of sp³-hybridized carbons (Fsp3) is 0.667. The Morgan fingerprint density at radius 2 is 2.05 bits per heavy atom. The first kappa shape index (κ1) is 15.6. The van der Waals surface area contributed by atoms with Crippen LogP contribution in [0.5, 0.6) is 0 Å². The lowest BCUT2D eigenvalue weighted by molar-refractivity contribution is 0.197. The SMILES string of the molecule is CC(C)(C)[Si](C)(C)O[C@H]1CNC(c2cncc(F)c2)C1. The summed E-state index contributed by atoms with van der Waals surface area (Å²) in [6.07, 6.45) is 4.07. The van der Waals surface area contributed by atoms with E-state index in [4.69, 9.17) is 4.43 Å². The molecule has 0 amide bonds. The van der Waals surface area contributed by atoms with E-state index in [1.165, 1.54) is 6.20 Å². The van der Waals surface area contributed by atoms with Crippen LogP contribution in [0, 0.1) is 5.82 Å². The summed E-state index contributed by atoms with van der Waals surface area (Å²) < 4.78 is 19.6. The van der Waals surface area contributed by atoms with Crippen molar-refractivity contribution in [1.29, 1.82) is 0 Å². The number of rotatable bonds is 3. The lowest BCUT2D eigenvalue weighted by atomic mass is 10.1. The molecule has 1 saturated heterocycles. The summed E-state index contributed by atoms with van der Waals surface area (Å²) in [4.78, 5) is 3.92. The standard InChI is InChI=1S/C15H25FN2OSi/c1-15(2,3)20(4,5)19-13-7-14(18-10-13)11-6-12(16)9-17-8-11/h6,8-9,13-14,18H,7,10H2,1-5H3/t13-,14?/m1/s1. The van der Waals surface area contributed by atoms with Crippen molar-refractivity contribution in [2.45, 2.75) is 57.5 Å². The van der Waals surface area contributed by atoms with Gasteiger partial charge < -0.3 is 9.74 Å². The molecular formula is C15H25FN2OSi. The number of pyridine rings is 1. The summed E-state index contributed by atoms with van der Waals surface area (Å²) in [6.45, 7) is 12.1. The summed E-state index contributed by atoms with van der Waals surface area (Å²) in [5, 5.41) is 3.63. The Morgan fingerprint density at radius 3 is 2.65 bits per heavy atom. The minimum atomic E-state index is -1.74. The van der Waals surface area contributed by atoms with Crippen LogP contribution in [0.25, 0.3) is 0 Å². The quantitative estimate of drug-likeness (QED) is 0.865. The van der Waals surface area contributed by atoms with Crippen molar-refractivity contribution in [3.05, 3.63) is 29.8 Å². The first-order valence-electron chi connectivity index (χ1n) is 7.21. The van der Waals surface area contributed by atoms with Crippen LogP contribution in [0.1, 0.15) is 38.8 Å². The second kappa shape index (κ2) is 5.54. The molecule has 0 saturated carbocycles. The van der Waals surface area contributed by atoms with E-state index in [-0.39, 0.29) is 23.0 Å². The van der Waals surface area contributed by atoms with Crippen molar-refractivity contribution < 1.29 is 8.82 Å². The van der Waals surface area contributed by atoms with Crippen molar-refractivity contribution in [3.63, 3.8) is 0 Å². The topological polar surface area (TPSA) is 34.1 Å². The second-order valence-electron chi connectivity index (χ2n) is 7.13. The Kier molecular flexibility index (Phi) is 4.32. The molecule has 1 unspecified atom stereocenters. The predicted molar refractivity (Wildman–Crippen MR) is 81.6 cm³/mol. The van der Waals surface area contributed by atoms with E-state index in [1.807, 2.05) is 0 Å². The molecule has 5 heteroatoms. The van der Waals surface area contributed by atoms with Crippen LogP contribution in [0.15, 0.2) is 18.5 Å². The number of halogens is 1. The lowest BCUT2D eigenvalue weighted by Crippen LogP contribution is -2.44. The summed E-state index contributed by atoms with van der Waals surface area (Å²) in [6, 6.07) is 1.70. The van der Waals surface area contributed by atoms with Crippen LogP contribution >= 0.6 is 0 Å². The monoisotopic (exact) mass is 296 g/mol. The van der Waals surface area contributed by atoms with E-state index in [0.29, 0.717) is 0 Å². The Labute approximate surface area is 122 Å². The van der Waals surface area contributed by atoms with E-state index in [9.17, 15) is 4.39 Å². The van der Waals surface area contributed by atoms with Gasteiger partial charge in [0.2, 0.25) is 0 Å². The number of nitrogens with zero attached hydrogens (tertiary/aromatic N) is 1. The van der Waals surface area contributed by atoms with Crippen molar-refractivity contribution in [2.75, 3.05) is 6.54 Å². The minimum Gasteiger partial charge on any atom is -0.413 e. The summed E-state index contributed by atoms with van der Waals surface area (Å²) in [5.41, 5.74) is 0.909. The van der Waals surface area contributed by atoms with Crippen LogP contribution < -0.4 is 5.32 Å². The van der Waals surface area contributed by atoms with Gasteiger partial charge in [0.15, 0.2) is 8.32 Å². The smallest absolute Gasteiger partial charge is 0.192 e. The van der Waals surface area contributed by atoms with Gasteiger partial charge in [-0.25, -0.2) is 4.39 Å². The predicted octanol–water partition coefficient (Wildman–Crippen LogP) is 3.65. The Bertz CT molecular complexity index is 473. The third-order valence-corrected chi connectivity index (χ3v) is 9.02. The Morgan fingerprint density at radius 1 is 1.35 bits per heavy atom. The van der Waals surface area contributed by atoms with Crippen LogP contribution in [0.2, 0.25) is 18.1 Å². The second-order valence-corrected chi connectivity index (χ2v) is 11.9. The highest BCUT2D eigenvalue weighted by molar-refractivity contribution is 6.74. The van der Waals surface area contributed by atoms with E-state index in [2.05, 4.69) is 44.2 Å². The normalized spacial score (nSPS) is 24.1. The van der Waals surface area contributed by atoms with Crippen LogP contribution in [0.3, 0.4) is 0 Å². The molecule has 3 nitrogen and oxygen atoms in total. The summed E-state index contributed by atoms with van der Waals surface area (Å²) >= 11 is 0. The first-order valence-corrected chi connectivity index (χ1v) is 10.1. The molecule has 0 aliphatic carbocycles. The molecule has 2 heterocycles. The maximum Gasteiger partial charge on any atom is 0.192 e. The average molecular weight is 296 g/mol. The maximum atomic E-state index is 13.2. The van der Waals surface area contributed by atoms with E-state index >= 15 is 0 Å².